The molecule has 3 nitrogen and oxygen atoms in total. The Balaban J connectivity index is 2.35. The summed E-state index contributed by atoms with van der Waals surface area (Å²) in [7, 11) is 0. The summed E-state index contributed by atoms with van der Waals surface area (Å²) in [5, 5.41) is 18.7. The minimum atomic E-state index is 0.0204. The average molecular weight is 425 g/mol. The lowest BCUT2D eigenvalue weighted by molar-refractivity contribution is 0.473. The number of hydrogen-bond acceptors (Lipinski definition) is 3. The van der Waals surface area contributed by atoms with Gasteiger partial charge in [-0.2, -0.15) is 5.11 Å². The van der Waals surface area contributed by atoms with Crippen molar-refractivity contribution in [3.05, 3.63) is 49.3 Å². The molecule has 2 rings (SSSR count). The van der Waals surface area contributed by atoms with Crippen LogP contribution >= 0.6 is 55.1 Å². The van der Waals surface area contributed by atoms with Crippen LogP contribution in [0.5, 0.6) is 5.75 Å². The minimum Gasteiger partial charge on any atom is -0.505 e. The van der Waals surface area contributed by atoms with Crippen LogP contribution in [0.1, 0.15) is 0 Å². The van der Waals surface area contributed by atoms with Gasteiger partial charge in [0.1, 0.15) is 5.69 Å². The summed E-state index contributed by atoms with van der Waals surface area (Å²) in [6.07, 6.45) is 0. The first kappa shape index (κ1) is 14.8. The van der Waals surface area contributed by atoms with Crippen molar-refractivity contribution in [2.24, 2.45) is 10.2 Å². The van der Waals surface area contributed by atoms with Crippen LogP contribution in [0, 0.1) is 0 Å². The summed E-state index contributed by atoms with van der Waals surface area (Å²) in [5.74, 6) is 0.0204. The third-order valence-electron chi connectivity index (χ3n) is 2.18. The fourth-order valence-corrected chi connectivity index (χ4v) is 2.78. The maximum atomic E-state index is 9.83. The molecule has 0 saturated heterocycles. The number of azo groups is 1. The van der Waals surface area contributed by atoms with Crippen LogP contribution in [0.25, 0.3) is 0 Å². The van der Waals surface area contributed by atoms with E-state index in [1.807, 2.05) is 0 Å². The van der Waals surface area contributed by atoms with Gasteiger partial charge in [-0.1, -0.05) is 39.1 Å². The Labute approximate surface area is 136 Å². The molecule has 0 saturated carbocycles. The third kappa shape index (κ3) is 3.69. The lowest BCUT2D eigenvalue weighted by atomic mass is 10.3. The summed E-state index contributed by atoms with van der Waals surface area (Å²) >= 11 is 18.2. The molecule has 0 bridgehead atoms. The van der Waals surface area contributed by atoms with Crippen molar-refractivity contribution in [2.75, 3.05) is 0 Å². The molecule has 7 heteroatoms. The molecular weight excluding hydrogens is 419 g/mol. The molecule has 0 radical (unpaired) electrons. The number of aromatic hydroxyl groups is 1. The predicted octanol–water partition coefficient (Wildman–Crippen LogP) is 6.64. The number of halogens is 4. The van der Waals surface area contributed by atoms with Crippen molar-refractivity contribution < 1.29 is 5.11 Å². The highest BCUT2D eigenvalue weighted by Gasteiger charge is 2.06. The second-order valence-corrected chi connectivity index (χ2v) is 6.14. The number of rotatable bonds is 2. The van der Waals surface area contributed by atoms with Gasteiger partial charge in [-0.3, -0.25) is 0 Å². The highest BCUT2D eigenvalue weighted by molar-refractivity contribution is 9.11. The van der Waals surface area contributed by atoms with E-state index in [2.05, 4.69) is 42.1 Å². The van der Waals surface area contributed by atoms with Crippen LogP contribution in [0.3, 0.4) is 0 Å². The van der Waals surface area contributed by atoms with Gasteiger partial charge in [0.05, 0.1) is 20.2 Å². The second kappa shape index (κ2) is 6.22. The summed E-state index contributed by atoms with van der Waals surface area (Å²) in [5.41, 5.74) is 0.886. The predicted molar refractivity (Wildman–Crippen MR) is 84.1 cm³/mol. The maximum Gasteiger partial charge on any atom is 0.157 e. The van der Waals surface area contributed by atoms with Gasteiger partial charge >= 0.3 is 0 Å². The van der Waals surface area contributed by atoms with Crippen molar-refractivity contribution in [3.8, 4) is 5.75 Å². The first-order chi connectivity index (χ1) is 8.97. The zero-order valence-corrected chi connectivity index (χ0v) is 13.9. The Morgan fingerprint density at radius 3 is 2.37 bits per heavy atom. The molecule has 0 aliphatic heterocycles. The highest BCUT2D eigenvalue weighted by Crippen LogP contribution is 2.38. The molecule has 0 fully saturated rings. The Kier molecular flexibility index (Phi) is 4.84. The van der Waals surface area contributed by atoms with E-state index in [4.69, 9.17) is 23.2 Å². The lowest BCUT2D eigenvalue weighted by Gasteiger charge is -2.02. The van der Waals surface area contributed by atoms with Crippen LogP contribution in [0.15, 0.2) is 49.5 Å². The molecule has 0 heterocycles. The van der Waals surface area contributed by atoms with Gasteiger partial charge in [0.25, 0.3) is 0 Å². The molecule has 0 atom stereocenters. The largest absolute Gasteiger partial charge is 0.505 e. The summed E-state index contributed by atoms with van der Waals surface area (Å²) < 4.78 is 1.31. The van der Waals surface area contributed by atoms with Gasteiger partial charge in [-0.25, -0.2) is 0 Å². The second-order valence-electron chi connectivity index (χ2n) is 3.55. The van der Waals surface area contributed by atoms with Crippen LogP contribution in [-0.4, -0.2) is 5.11 Å². The Morgan fingerprint density at radius 2 is 1.68 bits per heavy atom. The molecule has 19 heavy (non-hydrogen) atoms. The first-order valence-electron chi connectivity index (χ1n) is 5.02. The van der Waals surface area contributed by atoms with Crippen LogP contribution in [-0.2, 0) is 0 Å². The summed E-state index contributed by atoms with van der Waals surface area (Å²) in [6, 6.07) is 8.28. The molecule has 0 aliphatic rings. The molecular formula is C12H6Br2Cl2N2O. The molecule has 1 N–H and O–H groups in total. The number of benzene rings is 2. The number of phenolic OH excluding ortho intramolecular Hbond substituents is 1. The number of nitrogens with zero attached hydrogens (tertiary/aromatic N) is 2. The van der Waals surface area contributed by atoms with Crippen molar-refractivity contribution >= 4 is 66.4 Å². The summed E-state index contributed by atoms with van der Waals surface area (Å²) in [4.78, 5) is 0. The van der Waals surface area contributed by atoms with Gasteiger partial charge in [0.2, 0.25) is 0 Å². The zero-order valence-electron chi connectivity index (χ0n) is 9.24. The summed E-state index contributed by atoms with van der Waals surface area (Å²) in [6.45, 7) is 0. The molecule has 98 valence electrons. The Morgan fingerprint density at radius 1 is 0.947 bits per heavy atom. The van der Waals surface area contributed by atoms with Gasteiger partial charge in [-0.05, 0) is 46.3 Å². The average Bonchev–Trinajstić information content (AvgIpc) is 2.36. The van der Waals surface area contributed by atoms with Gasteiger partial charge in [0.15, 0.2) is 5.75 Å². The molecule has 2 aromatic carbocycles. The number of phenols is 1. The molecule has 0 spiro atoms. The number of hydrogen-bond donors (Lipinski definition) is 1. The van der Waals surface area contributed by atoms with E-state index >= 15 is 0 Å². The molecule has 0 aliphatic carbocycles. The topological polar surface area (TPSA) is 45.0 Å². The molecule has 0 unspecified atom stereocenters. The fraction of sp³-hybridized carbons (Fsp3) is 0. The van der Waals surface area contributed by atoms with Crippen molar-refractivity contribution in [3.63, 3.8) is 0 Å². The SMILES string of the molecule is Oc1c(Br)cc(Br)cc1N=Nc1ccc(Cl)c(Cl)c1. The third-order valence-corrected chi connectivity index (χ3v) is 3.99. The van der Waals surface area contributed by atoms with Crippen LogP contribution in [0.2, 0.25) is 10.0 Å². The zero-order chi connectivity index (χ0) is 14.0. The minimum absolute atomic E-state index is 0.0204. The first-order valence-corrected chi connectivity index (χ1v) is 7.36. The smallest absolute Gasteiger partial charge is 0.157 e. The molecule has 0 amide bonds. The van der Waals surface area contributed by atoms with Crippen LogP contribution in [0.4, 0.5) is 11.4 Å². The van der Waals surface area contributed by atoms with Gasteiger partial charge in [0, 0.05) is 4.47 Å². The van der Waals surface area contributed by atoms with Crippen molar-refractivity contribution in [1.82, 2.24) is 0 Å². The molecule has 2 aromatic rings. The van der Waals surface area contributed by atoms with E-state index < -0.39 is 0 Å². The fourth-order valence-electron chi connectivity index (χ4n) is 1.29. The standard InChI is InChI=1S/C12H6Br2Cl2N2O/c13-6-3-8(14)12(19)11(4-6)18-17-7-1-2-9(15)10(16)5-7/h1-5,19H. The molecule has 0 aromatic heterocycles. The van der Waals surface area contributed by atoms with Gasteiger partial charge < -0.3 is 5.11 Å². The maximum absolute atomic E-state index is 9.83. The van der Waals surface area contributed by atoms with E-state index in [1.165, 1.54) is 0 Å². The monoisotopic (exact) mass is 422 g/mol. The van der Waals surface area contributed by atoms with E-state index in [0.29, 0.717) is 25.9 Å². The van der Waals surface area contributed by atoms with E-state index in [0.717, 1.165) is 4.47 Å². The van der Waals surface area contributed by atoms with E-state index in [1.54, 1.807) is 30.3 Å². The Hall–Kier alpha value is -0.620. The van der Waals surface area contributed by atoms with Crippen LogP contribution < -0.4 is 0 Å². The quantitative estimate of drug-likeness (QED) is 0.539. The highest BCUT2D eigenvalue weighted by atomic mass is 79.9. The van der Waals surface area contributed by atoms with E-state index in [-0.39, 0.29) is 5.75 Å². The van der Waals surface area contributed by atoms with Crippen molar-refractivity contribution in [1.29, 1.82) is 0 Å². The Bertz CT molecular complexity index is 662. The van der Waals surface area contributed by atoms with E-state index in [9.17, 15) is 5.11 Å². The van der Waals surface area contributed by atoms with Gasteiger partial charge in [-0.15, -0.1) is 5.11 Å². The lowest BCUT2D eigenvalue weighted by Crippen LogP contribution is -1.73. The van der Waals surface area contributed by atoms with Crippen molar-refractivity contribution in [2.45, 2.75) is 0 Å². The normalized spacial score (nSPS) is 11.2.